The van der Waals surface area contributed by atoms with Crippen molar-refractivity contribution in [3.05, 3.63) is 0 Å². The first-order valence-corrected chi connectivity index (χ1v) is 8.41. The summed E-state index contributed by atoms with van der Waals surface area (Å²) < 4.78 is 39.9. The van der Waals surface area contributed by atoms with Crippen LogP contribution >= 0.6 is 15.6 Å². The summed E-state index contributed by atoms with van der Waals surface area (Å²) in [5, 5.41) is 31.0. The second-order valence-corrected chi connectivity index (χ2v) is 6.88. The largest absolute Gasteiger partial charge is 0.562 e. The number of guanidine groups is 1. The van der Waals surface area contributed by atoms with Gasteiger partial charge in [0.25, 0.3) is 0 Å². The fraction of sp³-hybridized carbons (Fsp3) is 0.833. The summed E-state index contributed by atoms with van der Waals surface area (Å²) in [6.07, 6.45) is -7.05. The lowest BCUT2D eigenvalue weighted by atomic mass is 10.1. The summed E-state index contributed by atoms with van der Waals surface area (Å²) in [5.41, 5.74) is 9.77. The fourth-order valence-electron chi connectivity index (χ4n) is 1.28. The van der Waals surface area contributed by atoms with Gasteiger partial charge in [-0.25, -0.2) is 13.7 Å². The van der Waals surface area contributed by atoms with Gasteiger partial charge in [-0.15, -0.1) is 0 Å². The Morgan fingerprint density at radius 1 is 1.18 bits per heavy atom. The number of ether oxygens (including phenoxy) is 1. The highest BCUT2D eigenvalue weighted by Gasteiger charge is 2.47. The molecule has 1 rings (SSSR count). The van der Waals surface area contributed by atoms with Gasteiger partial charge in [0, 0.05) is 0 Å². The van der Waals surface area contributed by atoms with E-state index in [2.05, 4.69) is 18.6 Å². The SMILES string of the molecule is NC(N)=NOP(=O)(O[C@@H]1OC[C@@H](O)[C@@H](O)[C@@H]1O)OP(=O)(O)O. The van der Waals surface area contributed by atoms with Crippen LogP contribution in [0.4, 0.5) is 0 Å². The first kappa shape index (κ1) is 19.3. The van der Waals surface area contributed by atoms with E-state index in [0.717, 1.165) is 0 Å². The molecule has 1 saturated heterocycles. The predicted octanol–water partition coefficient (Wildman–Crippen LogP) is -3.14. The predicted molar refractivity (Wildman–Crippen MR) is 66.5 cm³/mol. The lowest BCUT2D eigenvalue weighted by Gasteiger charge is -2.35. The molecule has 5 atom stereocenters. The minimum atomic E-state index is -5.38. The van der Waals surface area contributed by atoms with Crippen molar-refractivity contribution in [2.45, 2.75) is 24.6 Å². The Balaban J connectivity index is 2.91. The Morgan fingerprint density at radius 3 is 2.27 bits per heavy atom. The number of phosphoric acid groups is 2. The van der Waals surface area contributed by atoms with Crippen molar-refractivity contribution in [1.82, 2.24) is 0 Å². The van der Waals surface area contributed by atoms with Crippen molar-refractivity contribution in [3.8, 4) is 0 Å². The molecule has 22 heavy (non-hydrogen) atoms. The van der Waals surface area contributed by atoms with Crippen LogP contribution in [0, 0.1) is 0 Å². The zero-order valence-corrected chi connectivity index (χ0v) is 12.5. The molecule has 0 spiro atoms. The van der Waals surface area contributed by atoms with E-state index in [-0.39, 0.29) is 0 Å². The number of hydrogen-bond acceptors (Lipinski definition) is 10. The maximum Gasteiger partial charge on any atom is 0.562 e. The highest BCUT2D eigenvalue weighted by Crippen LogP contribution is 2.62. The van der Waals surface area contributed by atoms with Crippen LogP contribution in [0.3, 0.4) is 0 Å². The Morgan fingerprint density at radius 2 is 1.77 bits per heavy atom. The number of rotatable bonds is 6. The third kappa shape index (κ3) is 5.78. The van der Waals surface area contributed by atoms with E-state index >= 15 is 0 Å². The van der Waals surface area contributed by atoms with Gasteiger partial charge >= 0.3 is 15.6 Å². The Kier molecular flexibility index (Phi) is 6.29. The summed E-state index contributed by atoms with van der Waals surface area (Å²) in [6, 6.07) is 0. The summed E-state index contributed by atoms with van der Waals surface area (Å²) in [4.78, 5) is 17.3. The standard InChI is InChI=1S/C6H15N3O11P2/c7-6(8)9-19-22(16,20-21(13,14)15)18-5-4(12)3(11)2(10)1-17-5/h2-5,10-12H,1H2,(H4,7,8,9)(H2,13,14,15)/t2-,3-,4+,5+,22?/m1/s1. The third-order valence-electron chi connectivity index (χ3n) is 2.14. The monoisotopic (exact) mass is 367 g/mol. The van der Waals surface area contributed by atoms with Crippen molar-refractivity contribution in [3.63, 3.8) is 0 Å². The molecular weight excluding hydrogens is 352 g/mol. The van der Waals surface area contributed by atoms with Crippen LogP contribution in [0.25, 0.3) is 0 Å². The zero-order chi connectivity index (χ0) is 17.1. The normalized spacial score (nSPS) is 32.0. The molecule has 130 valence electrons. The van der Waals surface area contributed by atoms with E-state index in [0.29, 0.717) is 0 Å². The molecule has 0 radical (unpaired) electrons. The summed E-state index contributed by atoms with van der Waals surface area (Å²) >= 11 is 0. The van der Waals surface area contributed by atoms with Crippen molar-refractivity contribution < 1.29 is 52.4 Å². The molecule has 1 aliphatic heterocycles. The quantitative estimate of drug-likeness (QED) is 0.106. The number of oxime groups is 1. The lowest BCUT2D eigenvalue weighted by Crippen LogP contribution is -2.53. The topological polar surface area (TPSA) is 237 Å². The first-order chi connectivity index (χ1) is 9.93. The van der Waals surface area contributed by atoms with Gasteiger partial charge in [0.15, 0.2) is 6.29 Å². The van der Waals surface area contributed by atoms with Crippen LogP contribution in [-0.2, 0) is 27.3 Å². The molecule has 0 bridgehead atoms. The molecule has 0 aliphatic carbocycles. The average Bonchev–Trinajstić information content (AvgIpc) is 2.35. The van der Waals surface area contributed by atoms with Gasteiger partial charge in [0.05, 0.1) is 6.61 Å². The van der Waals surface area contributed by atoms with E-state index in [9.17, 15) is 24.4 Å². The van der Waals surface area contributed by atoms with Gasteiger partial charge in [-0.05, 0) is 5.16 Å². The molecule has 1 fully saturated rings. The van der Waals surface area contributed by atoms with E-state index in [4.69, 9.17) is 26.0 Å². The number of hydrogen-bond donors (Lipinski definition) is 7. The second kappa shape index (κ2) is 7.19. The van der Waals surface area contributed by atoms with Crippen molar-refractivity contribution in [2.24, 2.45) is 16.6 Å². The van der Waals surface area contributed by atoms with Crippen LogP contribution in [0.15, 0.2) is 5.16 Å². The summed E-state index contributed by atoms with van der Waals surface area (Å²) in [5.74, 6) is -0.779. The van der Waals surface area contributed by atoms with Gasteiger partial charge in [-0.2, -0.15) is 4.31 Å². The minimum absolute atomic E-state index is 0.541. The lowest BCUT2D eigenvalue weighted by molar-refractivity contribution is -0.246. The Bertz CT molecular complexity index is 504. The van der Waals surface area contributed by atoms with Crippen LogP contribution in [0.5, 0.6) is 0 Å². The van der Waals surface area contributed by atoms with Gasteiger partial charge in [0.2, 0.25) is 5.96 Å². The van der Waals surface area contributed by atoms with Gasteiger partial charge < -0.3 is 41.3 Å². The van der Waals surface area contributed by atoms with Crippen LogP contribution < -0.4 is 11.5 Å². The molecule has 0 aromatic heterocycles. The Labute approximate surface area is 123 Å². The molecule has 0 aromatic carbocycles. The van der Waals surface area contributed by atoms with Crippen molar-refractivity contribution >= 4 is 21.6 Å². The van der Waals surface area contributed by atoms with E-state index in [1.807, 2.05) is 0 Å². The van der Waals surface area contributed by atoms with Crippen molar-refractivity contribution in [1.29, 1.82) is 0 Å². The average molecular weight is 367 g/mol. The van der Waals surface area contributed by atoms with Crippen LogP contribution in [-0.4, -0.2) is 62.3 Å². The minimum Gasteiger partial charge on any atom is -0.388 e. The molecular formula is C6H15N3O11P2. The number of nitrogens with two attached hydrogens (primary N) is 2. The van der Waals surface area contributed by atoms with Gasteiger partial charge in [0.1, 0.15) is 18.3 Å². The molecule has 9 N–H and O–H groups in total. The number of aliphatic hydroxyl groups excluding tert-OH is 3. The molecule has 0 saturated carbocycles. The molecule has 0 aromatic rings. The van der Waals surface area contributed by atoms with Crippen molar-refractivity contribution in [2.75, 3.05) is 6.61 Å². The number of aliphatic hydroxyl groups is 3. The maximum absolute atomic E-state index is 12.0. The third-order valence-corrected chi connectivity index (χ3v) is 4.54. The maximum atomic E-state index is 12.0. The molecule has 16 heteroatoms. The van der Waals surface area contributed by atoms with E-state index in [1.165, 1.54) is 0 Å². The summed E-state index contributed by atoms with van der Waals surface area (Å²) in [7, 11) is -10.5. The van der Waals surface area contributed by atoms with Crippen LogP contribution in [0.2, 0.25) is 0 Å². The first-order valence-electron chi connectivity index (χ1n) is 5.42. The molecule has 1 heterocycles. The Hall–Kier alpha value is -0.790. The zero-order valence-electron chi connectivity index (χ0n) is 10.7. The molecule has 1 aliphatic rings. The van der Waals surface area contributed by atoms with Gasteiger partial charge in [-0.1, -0.05) is 0 Å². The fourth-order valence-corrected chi connectivity index (χ4v) is 3.27. The highest BCUT2D eigenvalue weighted by atomic mass is 31.3. The van der Waals surface area contributed by atoms with Crippen LogP contribution in [0.1, 0.15) is 0 Å². The second-order valence-electron chi connectivity index (χ2n) is 3.97. The molecule has 0 amide bonds. The summed E-state index contributed by atoms with van der Waals surface area (Å²) in [6.45, 7) is -0.541. The van der Waals surface area contributed by atoms with E-state index < -0.39 is 52.8 Å². The van der Waals surface area contributed by atoms with Gasteiger partial charge in [-0.3, -0.25) is 4.62 Å². The molecule has 14 nitrogen and oxygen atoms in total. The highest BCUT2D eigenvalue weighted by molar-refractivity contribution is 7.61. The number of nitrogens with zero attached hydrogens (tertiary/aromatic N) is 1. The molecule has 1 unspecified atom stereocenters. The smallest absolute Gasteiger partial charge is 0.388 e. The van der Waals surface area contributed by atoms with E-state index in [1.54, 1.807) is 0 Å².